The Morgan fingerprint density at radius 2 is 2.50 bits per heavy atom. The van der Waals surface area contributed by atoms with Crippen molar-refractivity contribution in [3.8, 4) is 0 Å². The van der Waals surface area contributed by atoms with Crippen molar-refractivity contribution in [2.75, 3.05) is 13.1 Å². The van der Waals surface area contributed by atoms with Gasteiger partial charge >= 0.3 is 0 Å². The number of likely N-dealkylation sites (tertiary alicyclic amines) is 1. The maximum Gasteiger partial charge on any atom is 0.115 e. The quantitative estimate of drug-likeness (QED) is 0.551. The maximum atomic E-state index is 5.80. The van der Waals surface area contributed by atoms with Crippen molar-refractivity contribution in [3.63, 3.8) is 0 Å². The zero-order valence-electron chi connectivity index (χ0n) is 6.98. The smallest absolute Gasteiger partial charge is 0.115 e. The van der Waals surface area contributed by atoms with E-state index in [1.165, 1.54) is 0 Å². The van der Waals surface area contributed by atoms with Crippen molar-refractivity contribution in [2.45, 2.75) is 18.6 Å². The number of hydrogen-bond donors (Lipinski definition) is 2. The molecule has 66 valence electrons. The summed E-state index contributed by atoms with van der Waals surface area (Å²) in [6.07, 6.45) is 7.17. The van der Waals surface area contributed by atoms with Crippen LogP contribution in [-0.2, 0) is 0 Å². The predicted octanol–water partition coefficient (Wildman–Crippen LogP) is -0.509. The van der Waals surface area contributed by atoms with Crippen LogP contribution in [0.5, 0.6) is 0 Å². The van der Waals surface area contributed by atoms with Gasteiger partial charge in [0.2, 0.25) is 0 Å². The van der Waals surface area contributed by atoms with Crippen molar-refractivity contribution < 1.29 is 0 Å². The summed E-state index contributed by atoms with van der Waals surface area (Å²) in [5, 5.41) is 3.98. The molecule has 0 radical (unpaired) electrons. The minimum Gasteiger partial charge on any atom is -0.326 e. The largest absolute Gasteiger partial charge is 0.326 e. The fourth-order valence-corrected chi connectivity index (χ4v) is 1.63. The van der Waals surface area contributed by atoms with Crippen LogP contribution in [0.2, 0.25) is 0 Å². The van der Waals surface area contributed by atoms with Gasteiger partial charge in [-0.25, -0.2) is 0 Å². The second-order valence-corrected chi connectivity index (χ2v) is 3.28. The van der Waals surface area contributed by atoms with E-state index in [9.17, 15) is 0 Å². The molecule has 2 aliphatic heterocycles. The Morgan fingerprint density at radius 3 is 3.08 bits per heavy atom. The average molecular weight is 166 g/mol. The van der Waals surface area contributed by atoms with E-state index in [4.69, 9.17) is 5.73 Å². The fraction of sp³-hybridized carbons (Fsp3) is 0.625. The van der Waals surface area contributed by atoms with E-state index in [0.717, 1.165) is 19.5 Å². The molecule has 0 bridgehead atoms. The molecule has 2 aliphatic rings. The molecule has 1 unspecified atom stereocenters. The van der Waals surface area contributed by atoms with Gasteiger partial charge in [0.15, 0.2) is 0 Å². The van der Waals surface area contributed by atoms with Gasteiger partial charge in [-0.15, -0.1) is 0 Å². The zero-order chi connectivity index (χ0) is 8.39. The Hall–Kier alpha value is -0.870. The van der Waals surface area contributed by atoms with Crippen molar-refractivity contribution >= 4 is 6.21 Å². The third-order valence-corrected chi connectivity index (χ3v) is 2.31. The van der Waals surface area contributed by atoms with Crippen LogP contribution in [0.3, 0.4) is 0 Å². The molecular weight excluding hydrogens is 152 g/mol. The predicted molar refractivity (Wildman–Crippen MR) is 48.7 cm³/mol. The van der Waals surface area contributed by atoms with Gasteiger partial charge in [-0.3, -0.25) is 10.3 Å². The minimum absolute atomic E-state index is 0.253. The standard InChI is InChI=1S/C8H14N4/c9-7-3-5-12(6-7)8-2-1-4-10-11-8/h1-2,4,7-8,11H,3,5-6,9H2/t7-,8?/m1/s1. The zero-order valence-corrected chi connectivity index (χ0v) is 6.98. The Balaban J connectivity index is 1.93. The number of nitrogens with two attached hydrogens (primary N) is 1. The fourth-order valence-electron chi connectivity index (χ4n) is 1.63. The molecule has 0 aromatic carbocycles. The van der Waals surface area contributed by atoms with E-state index in [1.807, 2.05) is 6.08 Å². The summed E-state index contributed by atoms with van der Waals surface area (Å²) < 4.78 is 0. The summed E-state index contributed by atoms with van der Waals surface area (Å²) in [4.78, 5) is 2.30. The Labute approximate surface area is 72.1 Å². The molecule has 2 atom stereocenters. The van der Waals surface area contributed by atoms with E-state index < -0.39 is 0 Å². The molecule has 3 N–H and O–H groups in total. The highest BCUT2D eigenvalue weighted by atomic mass is 15.4. The van der Waals surface area contributed by atoms with Crippen LogP contribution < -0.4 is 11.2 Å². The third kappa shape index (κ3) is 1.49. The summed E-state index contributed by atoms with van der Waals surface area (Å²) in [5.41, 5.74) is 8.83. The number of allylic oxidation sites excluding steroid dienone is 1. The van der Waals surface area contributed by atoms with Gasteiger partial charge in [0, 0.05) is 25.3 Å². The lowest BCUT2D eigenvalue weighted by atomic mass is 10.3. The van der Waals surface area contributed by atoms with Gasteiger partial charge in [0.1, 0.15) is 6.17 Å². The molecule has 0 aromatic heterocycles. The second-order valence-electron chi connectivity index (χ2n) is 3.28. The highest BCUT2D eigenvalue weighted by Crippen LogP contribution is 2.11. The third-order valence-electron chi connectivity index (χ3n) is 2.31. The topological polar surface area (TPSA) is 53.6 Å². The molecule has 0 aromatic rings. The Morgan fingerprint density at radius 1 is 1.58 bits per heavy atom. The van der Waals surface area contributed by atoms with Crippen molar-refractivity contribution in [2.24, 2.45) is 10.8 Å². The van der Waals surface area contributed by atoms with E-state index in [0.29, 0.717) is 6.04 Å². The molecule has 0 aliphatic carbocycles. The van der Waals surface area contributed by atoms with E-state index in [1.54, 1.807) is 6.21 Å². The molecular formula is C8H14N4. The molecule has 1 saturated heterocycles. The minimum atomic E-state index is 0.253. The summed E-state index contributed by atoms with van der Waals surface area (Å²) in [6.45, 7) is 2.04. The van der Waals surface area contributed by atoms with Gasteiger partial charge in [-0.05, 0) is 18.6 Å². The molecule has 0 spiro atoms. The van der Waals surface area contributed by atoms with Gasteiger partial charge < -0.3 is 5.73 Å². The van der Waals surface area contributed by atoms with Crippen LogP contribution in [-0.4, -0.2) is 36.4 Å². The van der Waals surface area contributed by atoms with Crippen LogP contribution in [0.1, 0.15) is 6.42 Å². The van der Waals surface area contributed by atoms with Crippen LogP contribution in [0.15, 0.2) is 17.3 Å². The lowest BCUT2D eigenvalue weighted by molar-refractivity contribution is 0.244. The number of hydrogen-bond acceptors (Lipinski definition) is 4. The normalized spacial score (nSPS) is 35.4. The van der Waals surface area contributed by atoms with Gasteiger partial charge in [-0.1, -0.05) is 0 Å². The first-order chi connectivity index (χ1) is 5.86. The number of nitrogens with one attached hydrogen (secondary N) is 1. The Kier molecular flexibility index (Phi) is 2.10. The molecule has 4 heteroatoms. The highest BCUT2D eigenvalue weighted by Gasteiger charge is 2.24. The van der Waals surface area contributed by atoms with Crippen molar-refractivity contribution in [3.05, 3.63) is 12.2 Å². The van der Waals surface area contributed by atoms with Crippen LogP contribution in [0.25, 0.3) is 0 Å². The Bertz CT molecular complexity index is 211. The number of nitrogens with zero attached hydrogens (tertiary/aromatic N) is 2. The average Bonchev–Trinajstić information content (AvgIpc) is 2.54. The molecule has 0 amide bonds. The van der Waals surface area contributed by atoms with Crippen LogP contribution in [0, 0.1) is 0 Å². The summed E-state index contributed by atoms with van der Waals surface area (Å²) >= 11 is 0. The maximum absolute atomic E-state index is 5.80. The molecule has 2 rings (SSSR count). The summed E-state index contributed by atoms with van der Waals surface area (Å²) in [5.74, 6) is 0. The SMILES string of the molecule is N[C@@H]1CCN(C2C=CC=NN2)C1. The highest BCUT2D eigenvalue weighted by molar-refractivity contribution is 5.71. The van der Waals surface area contributed by atoms with Crippen molar-refractivity contribution in [1.82, 2.24) is 10.3 Å². The van der Waals surface area contributed by atoms with E-state index >= 15 is 0 Å². The molecule has 0 saturated carbocycles. The first-order valence-electron chi connectivity index (χ1n) is 4.31. The number of hydrazone groups is 1. The molecule has 12 heavy (non-hydrogen) atoms. The number of rotatable bonds is 1. The van der Waals surface area contributed by atoms with Crippen LogP contribution >= 0.6 is 0 Å². The lowest BCUT2D eigenvalue weighted by Gasteiger charge is -2.25. The van der Waals surface area contributed by atoms with Gasteiger partial charge in [-0.2, -0.15) is 5.10 Å². The lowest BCUT2D eigenvalue weighted by Crippen LogP contribution is -2.43. The molecule has 4 nitrogen and oxygen atoms in total. The van der Waals surface area contributed by atoms with Crippen LogP contribution in [0.4, 0.5) is 0 Å². The van der Waals surface area contributed by atoms with Crippen molar-refractivity contribution in [1.29, 1.82) is 0 Å². The van der Waals surface area contributed by atoms with E-state index in [-0.39, 0.29) is 6.17 Å². The molecule has 1 fully saturated rings. The van der Waals surface area contributed by atoms with Gasteiger partial charge in [0.05, 0.1) is 0 Å². The monoisotopic (exact) mass is 166 g/mol. The van der Waals surface area contributed by atoms with E-state index in [2.05, 4.69) is 21.5 Å². The summed E-state index contributed by atoms with van der Waals surface area (Å²) in [6, 6.07) is 0.339. The second kappa shape index (κ2) is 3.25. The van der Waals surface area contributed by atoms with Gasteiger partial charge in [0.25, 0.3) is 0 Å². The summed E-state index contributed by atoms with van der Waals surface area (Å²) in [7, 11) is 0. The molecule has 2 heterocycles. The first kappa shape index (κ1) is 7.76. The first-order valence-corrected chi connectivity index (χ1v) is 4.31.